The van der Waals surface area contributed by atoms with Crippen LogP contribution >= 0.6 is 0 Å². The van der Waals surface area contributed by atoms with Crippen molar-refractivity contribution in [3.05, 3.63) is 0 Å². The Morgan fingerprint density at radius 1 is 1.42 bits per heavy atom. The van der Waals surface area contributed by atoms with Crippen LogP contribution in [0.4, 0.5) is 0 Å². The third-order valence-corrected chi connectivity index (χ3v) is 4.39. The van der Waals surface area contributed by atoms with Gasteiger partial charge in [0.05, 0.1) is 6.61 Å². The second-order valence-electron chi connectivity index (χ2n) is 6.99. The van der Waals surface area contributed by atoms with E-state index in [0.717, 1.165) is 12.8 Å². The van der Waals surface area contributed by atoms with Crippen LogP contribution < -0.4 is 5.73 Å². The number of carbonyl (C=O) groups excluding carboxylic acids is 1. The number of esters is 1. The van der Waals surface area contributed by atoms with Crippen molar-refractivity contribution < 1.29 is 9.53 Å². The van der Waals surface area contributed by atoms with Crippen molar-refractivity contribution in [3.8, 4) is 0 Å². The van der Waals surface area contributed by atoms with Crippen LogP contribution in [0.2, 0.25) is 0 Å². The molecule has 0 aromatic carbocycles. The molecule has 1 fully saturated rings. The minimum absolute atomic E-state index is 0.161. The second-order valence-corrected chi connectivity index (χ2v) is 6.99. The number of rotatable bonds is 6. The van der Waals surface area contributed by atoms with Crippen molar-refractivity contribution in [2.75, 3.05) is 20.2 Å². The van der Waals surface area contributed by atoms with Gasteiger partial charge >= 0.3 is 5.97 Å². The van der Waals surface area contributed by atoms with E-state index in [9.17, 15) is 4.79 Å². The molecule has 4 heteroatoms. The van der Waals surface area contributed by atoms with Crippen LogP contribution in [0.25, 0.3) is 0 Å². The summed E-state index contributed by atoms with van der Waals surface area (Å²) in [6, 6.07) is 0.351. The summed E-state index contributed by atoms with van der Waals surface area (Å²) < 4.78 is 5.18. The normalized spacial score (nSPS) is 21.1. The summed E-state index contributed by atoms with van der Waals surface area (Å²) >= 11 is 0. The summed E-state index contributed by atoms with van der Waals surface area (Å²) in [4.78, 5) is 14.4. The Bertz CT molecular complexity index is 321. The van der Waals surface area contributed by atoms with Gasteiger partial charge in [-0.1, -0.05) is 20.8 Å². The van der Waals surface area contributed by atoms with E-state index in [1.54, 1.807) is 0 Å². The van der Waals surface area contributed by atoms with Gasteiger partial charge in [-0.15, -0.1) is 0 Å². The summed E-state index contributed by atoms with van der Waals surface area (Å²) in [7, 11) is 2.04. The number of hydrogen-bond acceptors (Lipinski definition) is 4. The first-order chi connectivity index (χ1) is 8.63. The van der Waals surface area contributed by atoms with Crippen molar-refractivity contribution in [2.24, 2.45) is 17.1 Å². The quantitative estimate of drug-likeness (QED) is 0.750. The third-order valence-electron chi connectivity index (χ3n) is 4.39. The first-order valence-electron chi connectivity index (χ1n) is 7.29. The monoisotopic (exact) mass is 270 g/mol. The highest BCUT2D eigenvalue weighted by atomic mass is 16.5. The Hall–Kier alpha value is -0.610. The summed E-state index contributed by atoms with van der Waals surface area (Å²) in [5, 5.41) is 0. The molecule has 0 saturated heterocycles. The van der Waals surface area contributed by atoms with Crippen molar-refractivity contribution in [3.63, 3.8) is 0 Å². The lowest BCUT2D eigenvalue weighted by Gasteiger charge is -2.40. The molecule has 1 saturated carbocycles. The topological polar surface area (TPSA) is 55.6 Å². The maximum atomic E-state index is 12.2. The van der Waals surface area contributed by atoms with E-state index >= 15 is 0 Å². The SMILES string of the molecule is CCOC(=O)C(N)(CN(C)C(C)C(C)(C)C)C1CC1. The minimum Gasteiger partial charge on any atom is -0.465 e. The van der Waals surface area contributed by atoms with Crippen LogP contribution in [-0.4, -0.2) is 42.6 Å². The molecule has 0 amide bonds. The Morgan fingerprint density at radius 2 is 1.95 bits per heavy atom. The van der Waals surface area contributed by atoms with E-state index in [4.69, 9.17) is 10.5 Å². The van der Waals surface area contributed by atoms with Gasteiger partial charge in [0.2, 0.25) is 0 Å². The van der Waals surface area contributed by atoms with Gasteiger partial charge in [-0.25, -0.2) is 4.79 Å². The van der Waals surface area contributed by atoms with Gasteiger partial charge in [0, 0.05) is 12.6 Å². The lowest BCUT2D eigenvalue weighted by molar-refractivity contribution is -0.151. The first-order valence-corrected chi connectivity index (χ1v) is 7.29. The van der Waals surface area contributed by atoms with Crippen LogP contribution in [0.3, 0.4) is 0 Å². The van der Waals surface area contributed by atoms with E-state index in [1.165, 1.54) is 0 Å². The van der Waals surface area contributed by atoms with E-state index in [-0.39, 0.29) is 17.3 Å². The van der Waals surface area contributed by atoms with E-state index in [1.807, 2.05) is 14.0 Å². The van der Waals surface area contributed by atoms with Crippen molar-refractivity contribution in [1.82, 2.24) is 4.90 Å². The molecule has 112 valence electrons. The molecular formula is C15H30N2O2. The number of nitrogens with two attached hydrogens (primary N) is 1. The average Bonchev–Trinajstić information content (AvgIpc) is 3.10. The first kappa shape index (κ1) is 16.4. The molecule has 0 radical (unpaired) electrons. The van der Waals surface area contributed by atoms with Gasteiger partial charge in [0.15, 0.2) is 0 Å². The maximum absolute atomic E-state index is 12.2. The molecule has 4 nitrogen and oxygen atoms in total. The average molecular weight is 270 g/mol. The molecule has 1 aliphatic carbocycles. The lowest BCUT2D eigenvalue weighted by atomic mass is 9.85. The molecule has 2 N–H and O–H groups in total. The molecule has 0 heterocycles. The summed E-state index contributed by atoms with van der Waals surface area (Å²) in [5.74, 6) is 0.0339. The molecule has 19 heavy (non-hydrogen) atoms. The van der Waals surface area contributed by atoms with Crippen LogP contribution in [0.1, 0.15) is 47.5 Å². The molecule has 0 aliphatic heterocycles. The van der Waals surface area contributed by atoms with E-state index in [2.05, 4.69) is 32.6 Å². The molecule has 1 aliphatic rings. The van der Waals surface area contributed by atoms with Crippen LogP contribution in [0.5, 0.6) is 0 Å². The fourth-order valence-electron chi connectivity index (χ4n) is 2.44. The zero-order valence-corrected chi connectivity index (χ0v) is 13.3. The molecular weight excluding hydrogens is 240 g/mol. The molecule has 0 bridgehead atoms. The lowest BCUT2D eigenvalue weighted by Crippen LogP contribution is -2.60. The predicted molar refractivity (Wildman–Crippen MR) is 77.8 cm³/mol. The summed E-state index contributed by atoms with van der Waals surface area (Å²) in [6.07, 6.45) is 2.07. The number of likely N-dealkylation sites (N-methyl/N-ethyl adjacent to an activating group) is 1. The third kappa shape index (κ3) is 3.93. The summed E-state index contributed by atoms with van der Waals surface area (Å²) in [6.45, 7) is 11.6. The van der Waals surface area contributed by atoms with Crippen LogP contribution in [0.15, 0.2) is 0 Å². The van der Waals surface area contributed by atoms with Gasteiger partial charge in [-0.2, -0.15) is 0 Å². The highest BCUT2D eigenvalue weighted by Crippen LogP contribution is 2.40. The maximum Gasteiger partial charge on any atom is 0.327 e. The Kier molecular flexibility index (Phi) is 5.02. The van der Waals surface area contributed by atoms with E-state index < -0.39 is 5.54 Å². The fraction of sp³-hybridized carbons (Fsp3) is 0.933. The zero-order chi connectivity index (χ0) is 14.8. The molecule has 0 spiro atoms. The van der Waals surface area contributed by atoms with Gasteiger partial charge in [0.1, 0.15) is 5.54 Å². The van der Waals surface area contributed by atoms with Gasteiger partial charge in [-0.3, -0.25) is 0 Å². The van der Waals surface area contributed by atoms with Crippen LogP contribution in [-0.2, 0) is 9.53 Å². The molecule has 2 unspecified atom stereocenters. The van der Waals surface area contributed by atoms with Gasteiger partial charge in [-0.05, 0) is 45.1 Å². The minimum atomic E-state index is -0.843. The molecule has 0 aromatic rings. The van der Waals surface area contributed by atoms with E-state index in [0.29, 0.717) is 19.2 Å². The van der Waals surface area contributed by atoms with Crippen LogP contribution in [0, 0.1) is 11.3 Å². The predicted octanol–water partition coefficient (Wildman–Crippen LogP) is 2.02. The zero-order valence-electron chi connectivity index (χ0n) is 13.3. The number of nitrogens with zero attached hydrogens (tertiary/aromatic N) is 1. The highest BCUT2D eigenvalue weighted by molar-refractivity contribution is 5.82. The van der Waals surface area contributed by atoms with Crippen molar-refractivity contribution in [2.45, 2.75) is 59.0 Å². The summed E-state index contributed by atoms with van der Waals surface area (Å²) in [5.41, 5.74) is 5.72. The smallest absolute Gasteiger partial charge is 0.327 e. The molecule has 2 atom stereocenters. The number of ether oxygens (including phenoxy) is 1. The standard InChI is InChI=1S/C15H30N2O2/c1-7-19-13(18)15(16,12-8-9-12)10-17(6)11(2)14(3,4)5/h11-12H,7-10,16H2,1-6H3. The van der Waals surface area contributed by atoms with Crippen molar-refractivity contribution in [1.29, 1.82) is 0 Å². The molecule has 1 rings (SSSR count). The fourth-order valence-corrected chi connectivity index (χ4v) is 2.44. The van der Waals surface area contributed by atoms with Crippen molar-refractivity contribution >= 4 is 5.97 Å². The van der Waals surface area contributed by atoms with Gasteiger partial charge in [0.25, 0.3) is 0 Å². The Morgan fingerprint density at radius 3 is 2.32 bits per heavy atom. The van der Waals surface area contributed by atoms with Gasteiger partial charge < -0.3 is 15.4 Å². The second kappa shape index (κ2) is 5.80. The Labute approximate surface area is 117 Å². The number of carbonyl (C=O) groups is 1. The highest BCUT2D eigenvalue weighted by Gasteiger charge is 2.50. The molecule has 0 aromatic heterocycles. The Balaban J connectivity index is 2.76. The number of hydrogen-bond donors (Lipinski definition) is 1. The largest absolute Gasteiger partial charge is 0.465 e.